The van der Waals surface area contributed by atoms with Crippen LogP contribution in [0.5, 0.6) is 11.5 Å². The highest BCUT2D eigenvalue weighted by atomic mass is 16.5. The Bertz CT molecular complexity index is 1200. The summed E-state index contributed by atoms with van der Waals surface area (Å²) in [6.07, 6.45) is 1.91. The fourth-order valence-corrected chi connectivity index (χ4v) is 3.60. The lowest BCUT2D eigenvalue weighted by atomic mass is 10.0. The van der Waals surface area contributed by atoms with Gasteiger partial charge in [0.25, 0.3) is 0 Å². The highest BCUT2D eigenvalue weighted by molar-refractivity contribution is 5.63. The zero-order valence-electron chi connectivity index (χ0n) is 19.1. The van der Waals surface area contributed by atoms with Gasteiger partial charge in [-0.3, -0.25) is 0 Å². The number of nitrogens with zero attached hydrogens (tertiary/aromatic N) is 2. The predicted octanol–water partition coefficient (Wildman–Crippen LogP) is 5.90. The molecule has 0 saturated carbocycles. The highest BCUT2D eigenvalue weighted by Crippen LogP contribution is 2.29. The van der Waals surface area contributed by atoms with E-state index in [9.17, 15) is 0 Å². The van der Waals surface area contributed by atoms with Crippen LogP contribution in [-0.2, 0) is 20.2 Å². The minimum atomic E-state index is 0.503. The van der Waals surface area contributed by atoms with E-state index in [1.54, 1.807) is 7.11 Å². The second-order valence-electron chi connectivity index (χ2n) is 7.94. The molecule has 1 N–H and O–H groups in total. The summed E-state index contributed by atoms with van der Waals surface area (Å²) in [7, 11) is 3.69. The number of hydrogen-bond donors (Lipinski definition) is 1. The predicted molar refractivity (Wildman–Crippen MR) is 129 cm³/mol. The lowest BCUT2D eigenvalue weighted by Crippen LogP contribution is -2.06. The van der Waals surface area contributed by atoms with Gasteiger partial charge in [0.1, 0.15) is 6.61 Å². The van der Waals surface area contributed by atoms with Gasteiger partial charge in [-0.25, -0.2) is 4.98 Å². The van der Waals surface area contributed by atoms with Crippen LogP contribution in [0.15, 0.2) is 72.9 Å². The molecule has 0 fully saturated rings. The molecule has 1 heterocycles. The Labute approximate surface area is 189 Å². The van der Waals surface area contributed by atoms with Crippen molar-refractivity contribution in [1.29, 1.82) is 0 Å². The third-order valence-electron chi connectivity index (χ3n) is 5.71. The summed E-state index contributed by atoms with van der Waals surface area (Å²) in [5.74, 6) is 2.27. The molecule has 5 heteroatoms. The number of hydrogen-bond acceptors (Lipinski definition) is 4. The number of aromatic nitrogens is 2. The number of nitrogens with one attached hydrogen (secondary N) is 1. The Kier molecular flexibility index (Phi) is 6.45. The molecule has 3 aromatic carbocycles. The third kappa shape index (κ3) is 4.78. The number of rotatable bonds is 8. The average molecular weight is 428 g/mol. The van der Waals surface area contributed by atoms with Crippen molar-refractivity contribution in [1.82, 2.24) is 9.55 Å². The van der Waals surface area contributed by atoms with Crippen LogP contribution >= 0.6 is 0 Å². The molecule has 0 bridgehead atoms. The van der Waals surface area contributed by atoms with Crippen molar-refractivity contribution in [3.8, 4) is 22.8 Å². The van der Waals surface area contributed by atoms with Gasteiger partial charge in [0.2, 0.25) is 5.95 Å². The van der Waals surface area contributed by atoms with Crippen LogP contribution in [0.3, 0.4) is 0 Å². The molecule has 0 saturated heterocycles. The lowest BCUT2D eigenvalue weighted by molar-refractivity contribution is 0.284. The number of anilines is 1. The summed E-state index contributed by atoms with van der Waals surface area (Å²) in [6, 6.07) is 22.6. The van der Waals surface area contributed by atoms with Gasteiger partial charge in [0.15, 0.2) is 11.5 Å². The molecule has 32 heavy (non-hydrogen) atoms. The van der Waals surface area contributed by atoms with Crippen LogP contribution in [0, 0.1) is 13.8 Å². The van der Waals surface area contributed by atoms with Gasteiger partial charge < -0.3 is 19.4 Å². The molecule has 4 rings (SSSR count). The smallest absolute Gasteiger partial charge is 0.203 e. The van der Waals surface area contributed by atoms with E-state index in [-0.39, 0.29) is 0 Å². The Morgan fingerprint density at radius 3 is 2.44 bits per heavy atom. The fraction of sp³-hybridized carbons (Fsp3) is 0.222. The Morgan fingerprint density at radius 2 is 1.69 bits per heavy atom. The van der Waals surface area contributed by atoms with Gasteiger partial charge in [0.05, 0.1) is 19.0 Å². The van der Waals surface area contributed by atoms with E-state index >= 15 is 0 Å². The van der Waals surface area contributed by atoms with Crippen LogP contribution < -0.4 is 14.8 Å². The molecule has 4 aromatic rings. The summed E-state index contributed by atoms with van der Waals surface area (Å²) in [5, 5.41) is 3.43. The number of aryl methyl sites for hydroxylation is 2. The largest absolute Gasteiger partial charge is 0.493 e. The van der Waals surface area contributed by atoms with E-state index < -0.39 is 0 Å². The van der Waals surface area contributed by atoms with Crippen LogP contribution in [0.25, 0.3) is 11.3 Å². The molecule has 0 aliphatic carbocycles. The second kappa shape index (κ2) is 9.60. The third-order valence-corrected chi connectivity index (χ3v) is 5.71. The second-order valence-corrected chi connectivity index (χ2v) is 7.94. The maximum atomic E-state index is 5.96. The molecule has 0 aliphatic rings. The summed E-state index contributed by atoms with van der Waals surface area (Å²) in [4.78, 5) is 4.58. The number of benzene rings is 3. The lowest BCUT2D eigenvalue weighted by Gasteiger charge is -2.13. The molecule has 5 nitrogen and oxygen atoms in total. The van der Waals surface area contributed by atoms with Crippen molar-refractivity contribution in [3.05, 3.63) is 95.2 Å². The number of ether oxygens (including phenoxy) is 2. The van der Waals surface area contributed by atoms with Gasteiger partial charge in [-0.15, -0.1) is 0 Å². The monoisotopic (exact) mass is 427 g/mol. The van der Waals surface area contributed by atoms with Crippen LogP contribution in [0.1, 0.15) is 22.3 Å². The molecule has 164 valence electrons. The van der Waals surface area contributed by atoms with Crippen molar-refractivity contribution in [2.45, 2.75) is 27.0 Å². The molecule has 0 spiro atoms. The van der Waals surface area contributed by atoms with Crippen LogP contribution in [-0.4, -0.2) is 16.7 Å². The first-order valence-corrected chi connectivity index (χ1v) is 10.7. The van der Waals surface area contributed by atoms with Gasteiger partial charge in [-0.1, -0.05) is 48.5 Å². The normalized spacial score (nSPS) is 10.8. The van der Waals surface area contributed by atoms with E-state index in [2.05, 4.69) is 46.9 Å². The van der Waals surface area contributed by atoms with Crippen LogP contribution in [0.2, 0.25) is 0 Å². The standard InChI is InChI=1S/C27H29N3O2/c1-19-10-12-23(14-20(19)2)24-17-29-27(30(24)3)28-16-22-11-13-25(26(15-22)31-4)32-18-21-8-6-5-7-9-21/h5-15,17H,16,18H2,1-4H3,(H,28,29). The molecule has 0 amide bonds. The number of imidazole rings is 1. The van der Waals surface area contributed by atoms with Gasteiger partial charge in [-0.05, 0) is 54.3 Å². The van der Waals surface area contributed by atoms with Gasteiger partial charge in [-0.2, -0.15) is 0 Å². The molecule has 0 aliphatic heterocycles. The molecular weight excluding hydrogens is 398 g/mol. The van der Waals surface area contributed by atoms with Crippen LogP contribution in [0.4, 0.5) is 5.95 Å². The minimum Gasteiger partial charge on any atom is -0.493 e. The summed E-state index contributed by atoms with van der Waals surface area (Å²) in [6.45, 7) is 5.40. The minimum absolute atomic E-state index is 0.503. The Hall–Kier alpha value is -3.73. The van der Waals surface area contributed by atoms with Crippen molar-refractivity contribution in [3.63, 3.8) is 0 Å². The van der Waals surface area contributed by atoms with Crippen molar-refractivity contribution >= 4 is 5.95 Å². The number of methoxy groups -OCH3 is 1. The summed E-state index contributed by atoms with van der Waals surface area (Å²) < 4.78 is 13.6. The van der Waals surface area contributed by atoms with Gasteiger partial charge in [0, 0.05) is 19.2 Å². The van der Waals surface area contributed by atoms with E-state index in [1.807, 2.05) is 61.8 Å². The molecule has 0 unspecified atom stereocenters. The molecule has 0 radical (unpaired) electrons. The maximum Gasteiger partial charge on any atom is 0.203 e. The Balaban J connectivity index is 1.43. The van der Waals surface area contributed by atoms with Gasteiger partial charge >= 0.3 is 0 Å². The fourth-order valence-electron chi connectivity index (χ4n) is 3.60. The molecular formula is C27H29N3O2. The quantitative estimate of drug-likeness (QED) is 0.380. The van der Waals surface area contributed by atoms with Crippen molar-refractivity contribution < 1.29 is 9.47 Å². The SMILES string of the molecule is COc1cc(CNc2ncc(-c3ccc(C)c(C)c3)n2C)ccc1OCc1ccccc1. The van der Waals surface area contributed by atoms with E-state index in [0.717, 1.165) is 39.8 Å². The first-order chi connectivity index (χ1) is 15.5. The Morgan fingerprint density at radius 1 is 0.875 bits per heavy atom. The first-order valence-electron chi connectivity index (χ1n) is 10.7. The summed E-state index contributed by atoms with van der Waals surface area (Å²) >= 11 is 0. The van der Waals surface area contributed by atoms with E-state index in [0.29, 0.717) is 13.2 Å². The molecule has 0 atom stereocenters. The topological polar surface area (TPSA) is 48.3 Å². The van der Waals surface area contributed by atoms with Crippen molar-refractivity contribution in [2.24, 2.45) is 7.05 Å². The van der Waals surface area contributed by atoms with Crippen molar-refractivity contribution in [2.75, 3.05) is 12.4 Å². The zero-order chi connectivity index (χ0) is 22.5. The molecule has 1 aromatic heterocycles. The average Bonchev–Trinajstić information content (AvgIpc) is 3.19. The zero-order valence-corrected chi connectivity index (χ0v) is 19.1. The first kappa shape index (κ1) is 21.5. The summed E-state index contributed by atoms with van der Waals surface area (Å²) in [5.41, 5.74) is 7.02. The van der Waals surface area contributed by atoms with E-state index in [1.165, 1.54) is 11.1 Å². The highest BCUT2D eigenvalue weighted by Gasteiger charge is 2.11. The van der Waals surface area contributed by atoms with E-state index in [4.69, 9.17) is 9.47 Å². The maximum absolute atomic E-state index is 5.96.